The van der Waals surface area contributed by atoms with Crippen LogP contribution in [0.1, 0.15) is 33.1 Å². The minimum Gasteiger partial charge on any atom is -0.494 e. The van der Waals surface area contributed by atoms with Gasteiger partial charge in [-0.15, -0.1) is 0 Å². The number of methoxy groups -OCH3 is 1. The van der Waals surface area contributed by atoms with Crippen molar-refractivity contribution in [3.63, 3.8) is 0 Å². The third-order valence-corrected chi connectivity index (χ3v) is 6.26. The maximum absolute atomic E-state index is 13.3. The Morgan fingerprint density at radius 3 is 2.66 bits per heavy atom. The first-order valence-corrected chi connectivity index (χ1v) is 11.1. The highest BCUT2D eigenvalue weighted by atomic mass is 35.5. The van der Waals surface area contributed by atoms with Crippen LogP contribution in [0.4, 0.5) is 13.2 Å². The number of carbonyl (C=O) groups is 1. The first kappa shape index (κ1) is 23.2. The molecule has 1 aliphatic heterocycles. The molecule has 2 aromatic heterocycles. The van der Waals surface area contributed by atoms with Crippen LogP contribution in [-0.4, -0.2) is 34.4 Å². The molecule has 0 radical (unpaired) electrons. The number of pyridine rings is 1. The Labute approximate surface area is 203 Å². The van der Waals surface area contributed by atoms with E-state index in [1.165, 1.54) is 19.2 Å². The minimum atomic E-state index is -4.61. The molecule has 0 N–H and O–H groups in total. The average molecular weight is 502 g/mol. The molecule has 0 saturated heterocycles. The van der Waals surface area contributed by atoms with Crippen molar-refractivity contribution in [2.45, 2.75) is 26.1 Å². The van der Waals surface area contributed by atoms with Gasteiger partial charge in [-0.3, -0.25) is 4.79 Å². The number of amides is 1. The number of nitrogens with zero attached hydrogens (tertiary/aromatic N) is 3. The van der Waals surface area contributed by atoms with Crippen LogP contribution >= 0.6 is 11.6 Å². The number of rotatable bonds is 3. The lowest BCUT2D eigenvalue weighted by Crippen LogP contribution is -2.36. The van der Waals surface area contributed by atoms with Crippen LogP contribution in [0.3, 0.4) is 0 Å². The van der Waals surface area contributed by atoms with E-state index in [1.807, 2.05) is 18.2 Å². The van der Waals surface area contributed by atoms with Crippen LogP contribution < -0.4 is 4.74 Å². The third kappa shape index (κ3) is 4.20. The fourth-order valence-electron chi connectivity index (χ4n) is 4.26. The lowest BCUT2D eigenvalue weighted by Gasteiger charge is -2.28. The van der Waals surface area contributed by atoms with Gasteiger partial charge < -0.3 is 14.1 Å². The van der Waals surface area contributed by atoms with E-state index in [1.54, 1.807) is 17.9 Å². The molecule has 2 aromatic carbocycles. The zero-order chi connectivity index (χ0) is 24.9. The van der Waals surface area contributed by atoms with E-state index < -0.39 is 11.9 Å². The molecule has 0 atom stereocenters. The number of aryl methyl sites for hydroxylation is 1. The zero-order valence-corrected chi connectivity index (χ0v) is 19.5. The van der Waals surface area contributed by atoms with Gasteiger partial charge in [-0.25, -0.2) is 9.97 Å². The molecule has 180 valence electrons. The van der Waals surface area contributed by atoms with Gasteiger partial charge in [0.25, 0.3) is 5.91 Å². The van der Waals surface area contributed by atoms with Crippen LogP contribution in [0.5, 0.6) is 5.75 Å². The highest BCUT2D eigenvalue weighted by molar-refractivity contribution is 6.30. The van der Waals surface area contributed by atoms with Gasteiger partial charge in [0.05, 0.1) is 7.11 Å². The maximum Gasteiger partial charge on any atom is 0.433 e. The normalized spacial score (nSPS) is 13.7. The summed E-state index contributed by atoms with van der Waals surface area (Å²) < 4.78 is 50.7. The van der Waals surface area contributed by atoms with Crippen LogP contribution in [0, 0.1) is 6.92 Å². The molecule has 3 heterocycles. The molecule has 35 heavy (non-hydrogen) atoms. The predicted octanol–water partition coefficient (Wildman–Crippen LogP) is 6.08. The lowest BCUT2D eigenvalue weighted by atomic mass is 9.99. The molecule has 6 nitrogen and oxygen atoms in total. The number of halogens is 4. The molecule has 0 fully saturated rings. The Kier molecular flexibility index (Phi) is 5.67. The molecule has 1 amide bonds. The van der Waals surface area contributed by atoms with Gasteiger partial charge in [-0.1, -0.05) is 17.7 Å². The molecular formula is C25H19ClF3N3O3. The second kappa shape index (κ2) is 8.57. The quantitative estimate of drug-likeness (QED) is 0.340. The molecule has 10 heteroatoms. The van der Waals surface area contributed by atoms with Gasteiger partial charge in [0, 0.05) is 29.1 Å². The third-order valence-electron chi connectivity index (χ3n) is 6.03. The number of oxazole rings is 1. The van der Waals surface area contributed by atoms with E-state index in [0.29, 0.717) is 41.2 Å². The van der Waals surface area contributed by atoms with E-state index in [9.17, 15) is 18.0 Å². The molecule has 0 spiro atoms. The summed E-state index contributed by atoms with van der Waals surface area (Å²) in [4.78, 5) is 23.2. The van der Waals surface area contributed by atoms with Crippen molar-refractivity contribution in [3.05, 3.63) is 75.8 Å². The van der Waals surface area contributed by atoms with Gasteiger partial charge in [-0.2, -0.15) is 13.2 Å². The Morgan fingerprint density at radius 1 is 1.11 bits per heavy atom. The second-order valence-electron chi connectivity index (χ2n) is 8.22. The fourth-order valence-corrected chi connectivity index (χ4v) is 4.45. The lowest BCUT2D eigenvalue weighted by molar-refractivity contribution is -0.140. The summed E-state index contributed by atoms with van der Waals surface area (Å²) in [5.74, 6) is 0.310. The molecular weight excluding hydrogens is 483 g/mol. The number of ether oxygens (including phenoxy) is 1. The number of aromatic nitrogens is 2. The van der Waals surface area contributed by atoms with Crippen molar-refractivity contribution in [1.82, 2.24) is 14.9 Å². The SMILES string of the molecule is COc1ccc(-c2nc(C(=O)N3CCc4ccc(Cl)cc4C3)c(C)o2)c2ccc(C(F)(F)F)nc12. The molecule has 4 aromatic rings. The summed E-state index contributed by atoms with van der Waals surface area (Å²) in [6, 6.07) is 11.0. The number of alkyl halides is 3. The van der Waals surface area contributed by atoms with Gasteiger partial charge >= 0.3 is 6.18 Å². The fraction of sp³-hybridized carbons (Fsp3) is 0.240. The number of fused-ring (bicyclic) bond motifs is 2. The molecule has 0 bridgehead atoms. The van der Waals surface area contributed by atoms with Crippen LogP contribution in [0.25, 0.3) is 22.4 Å². The predicted molar refractivity (Wildman–Crippen MR) is 123 cm³/mol. The van der Waals surface area contributed by atoms with Gasteiger partial charge in [0.15, 0.2) is 5.69 Å². The standard InChI is InChI=1S/C25H19ClF3N3O3/c1-13-21(24(33)32-10-9-14-3-4-16(26)11-15(14)12-32)31-23(35-13)18-5-7-19(34-2)22-17(18)6-8-20(30-22)25(27,28)29/h3-8,11H,9-10,12H2,1-2H3. The molecule has 0 unspecified atom stereocenters. The number of carbonyl (C=O) groups excluding carboxylic acids is 1. The summed E-state index contributed by atoms with van der Waals surface area (Å²) in [7, 11) is 1.35. The van der Waals surface area contributed by atoms with Crippen molar-refractivity contribution in [3.8, 4) is 17.2 Å². The van der Waals surface area contributed by atoms with Crippen molar-refractivity contribution in [2.75, 3.05) is 13.7 Å². The number of hydrogen-bond donors (Lipinski definition) is 0. The van der Waals surface area contributed by atoms with Crippen molar-refractivity contribution in [2.24, 2.45) is 0 Å². The van der Waals surface area contributed by atoms with Crippen molar-refractivity contribution in [1.29, 1.82) is 0 Å². The highest BCUT2D eigenvalue weighted by Gasteiger charge is 2.33. The zero-order valence-electron chi connectivity index (χ0n) is 18.7. The van der Waals surface area contributed by atoms with Crippen LogP contribution in [0.2, 0.25) is 5.02 Å². The molecule has 0 aliphatic carbocycles. The van der Waals surface area contributed by atoms with E-state index in [-0.39, 0.29) is 28.8 Å². The summed E-state index contributed by atoms with van der Waals surface area (Å²) >= 11 is 6.11. The minimum absolute atomic E-state index is 0.0214. The average Bonchev–Trinajstić information content (AvgIpc) is 3.22. The first-order chi connectivity index (χ1) is 16.7. The van der Waals surface area contributed by atoms with E-state index in [4.69, 9.17) is 20.8 Å². The van der Waals surface area contributed by atoms with E-state index in [0.717, 1.165) is 17.2 Å². The van der Waals surface area contributed by atoms with Crippen molar-refractivity contribution >= 4 is 28.4 Å². The van der Waals surface area contributed by atoms with Crippen molar-refractivity contribution < 1.29 is 27.1 Å². The Bertz CT molecular complexity index is 1470. The molecule has 1 aliphatic rings. The van der Waals surface area contributed by atoms with E-state index in [2.05, 4.69) is 9.97 Å². The summed E-state index contributed by atoms with van der Waals surface area (Å²) in [6.45, 7) is 2.54. The van der Waals surface area contributed by atoms with Crippen LogP contribution in [0.15, 0.2) is 46.9 Å². The summed E-state index contributed by atoms with van der Waals surface area (Å²) in [6.07, 6.45) is -3.91. The Balaban J connectivity index is 1.52. The highest BCUT2D eigenvalue weighted by Crippen LogP contribution is 2.37. The molecule has 5 rings (SSSR count). The van der Waals surface area contributed by atoms with Gasteiger partial charge in [0.1, 0.15) is 22.7 Å². The van der Waals surface area contributed by atoms with Gasteiger partial charge in [-0.05, 0) is 60.9 Å². The monoisotopic (exact) mass is 501 g/mol. The largest absolute Gasteiger partial charge is 0.494 e. The smallest absolute Gasteiger partial charge is 0.433 e. The van der Waals surface area contributed by atoms with Gasteiger partial charge in [0.2, 0.25) is 5.89 Å². The number of hydrogen-bond acceptors (Lipinski definition) is 5. The molecule has 0 saturated carbocycles. The first-order valence-electron chi connectivity index (χ1n) is 10.7. The summed E-state index contributed by atoms with van der Waals surface area (Å²) in [5.41, 5.74) is 1.66. The van der Waals surface area contributed by atoms with E-state index >= 15 is 0 Å². The number of benzene rings is 2. The maximum atomic E-state index is 13.3. The Hall–Kier alpha value is -3.59. The second-order valence-corrected chi connectivity index (χ2v) is 8.66. The summed E-state index contributed by atoms with van der Waals surface area (Å²) in [5, 5.41) is 0.964. The van der Waals surface area contributed by atoms with Crippen LogP contribution in [-0.2, 0) is 19.1 Å². The Morgan fingerprint density at radius 2 is 1.91 bits per heavy atom. The topological polar surface area (TPSA) is 68.5 Å².